The monoisotopic (exact) mass is 264 g/mol. The van der Waals surface area contributed by atoms with E-state index in [1.807, 2.05) is 30.3 Å². The largest absolute Gasteiger partial charge is 0.491 e. The van der Waals surface area contributed by atoms with E-state index in [-0.39, 0.29) is 0 Å². The maximum absolute atomic E-state index is 10.2. The molecular formula is C16H26NO2+. The number of para-hydroxylation sites is 1. The van der Waals surface area contributed by atoms with E-state index in [1.54, 1.807) is 0 Å². The van der Waals surface area contributed by atoms with Gasteiger partial charge in [0, 0.05) is 0 Å². The molecule has 3 nitrogen and oxygen atoms in total. The van der Waals surface area contributed by atoms with Gasteiger partial charge in [0.1, 0.15) is 25.0 Å². The second-order valence-electron chi connectivity index (χ2n) is 5.79. The van der Waals surface area contributed by atoms with Crippen molar-refractivity contribution in [3.05, 3.63) is 30.3 Å². The van der Waals surface area contributed by atoms with E-state index in [2.05, 4.69) is 13.8 Å². The highest BCUT2D eigenvalue weighted by atomic mass is 16.5. The second kappa shape index (κ2) is 6.92. The molecule has 4 atom stereocenters. The van der Waals surface area contributed by atoms with Crippen LogP contribution in [0.25, 0.3) is 0 Å². The fourth-order valence-corrected chi connectivity index (χ4v) is 3.03. The van der Waals surface area contributed by atoms with Crippen LogP contribution in [0.1, 0.15) is 33.1 Å². The molecule has 19 heavy (non-hydrogen) atoms. The Morgan fingerprint density at radius 2 is 1.84 bits per heavy atom. The third-order valence-electron chi connectivity index (χ3n) is 4.20. The van der Waals surface area contributed by atoms with E-state index in [1.165, 1.54) is 24.2 Å². The van der Waals surface area contributed by atoms with Gasteiger partial charge >= 0.3 is 0 Å². The Kier molecular flexibility index (Phi) is 5.23. The standard InChI is InChI=1S/C16H25NO2/c1-13-7-6-8-14(2)17(13)11-15(18)12-19-16-9-4-3-5-10-16/h3-5,9-10,13-15,18H,6-8,11-12H2,1-2H3/p+1/t13-,14+,15-/m0/s1. The summed E-state index contributed by atoms with van der Waals surface area (Å²) < 4.78 is 5.62. The molecule has 0 saturated carbocycles. The van der Waals surface area contributed by atoms with Gasteiger partial charge < -0.3 is 14.7 Å². The first kappa shape index (κ1) is 14.4. The van der Waals surface area contributed by atoms with Crippen LogP contribution in [0.5, 0.6) is 5.75 Å². The molecule has 0 spiro atoms. The molecule has 1 heterocycles. The van der Waals surface area contributed by atoms with E-state index in [9.17, 15) is 5.11 Å². The van der Waals surface area contributed by atoms with Gasteiger partial charge in [0.15, 0.2) is 0 Å². The molecule has 1 fully saturated rings. The first-order valence-electron chi connectivity index (χ1n) is 7.38. The van der Waals surface area contributed by atoms with Gasteiger partial charge in [-0.25, -0.2) is 0 Å². The molecule has 0 bridgehead atoms. The minimum absolute atomic E-state index is 0.382. The summed E-state index contributed by atoms with van der Waals surface area (Å²) in [5.74, 6) is 0.830. The number of likely N-dealkylation sites (tertiary alicyclic amines) is 1. The molecule has 1 aromatic carbocycles. The topological polar surface area (TPSA) is 33.9 Å². The van der Waals surface area contributed by atoms with Crippen molar-refractivity contribution in [2.24, 2.45) is 0 Å². The summed E-state index contributed by atoms with van der Waals surface area (Å²) in [4.78, 5) is 1.52. The summed E-state index contributed by atoms with van der Waals surface area (Å²) in [7, 11) is 0. The maximum Gasteiger partial charge on any atom is 0.137 e. The van der Waals surface area contributed by atoms with Crippen LogP contribution in [0.2, 0.25) is 0 Å². The summed E-state index contributed by atoms with van der Waals surface area (Å²) >= 11 is 0. The Balaban J connectivity index is 1.78. The molecule has 0 aliphatic carbocycles. The molecule has 1 unspecified atom stereocenters. The van der Waals surface area contributed by atoms with E-state index in [0.29, 0.717) is 18.7 Å². The second-order valence-corrected chi connectivity index (χ2v) is 5.79. The van der Waals surface area contributed by atoms with Gasteiger partial charge in [-0.05, 0) is 45.2 Å². The number of aliphatic hydroxyl groups excluding tert-OH is 1. The number of quaternary nitrogens is 1. The quantitative estimate of drug-likeness (QED) is 0.840. The Morgan fingerprint density at radius 3 is 2.47 bits per heavy atom. The van der Waals surface area contributed by atoms with E-state index in [0.717, 1.165) is 12.3 Å². The lowest BCUT2D eigenvalue weighted by Crippen LogP contribution is -3.20. The zero-order chi connectivity index (χ0) is 13.7. The lowest BCUT2D eigenvalue weighted by atomic mass is 9.97. The zero-order valence-corrected chi connectivity index (χ0v) is 12.0. The molecule has 106 valence electrons. The van der Waals surface area contributed by atoms with Crippen molar-refractivity contribution >= 4 is 0 Å². The predicted molar refractivity (Wildman–Crippen MR) is 76.5 cm³/mol. The van der Waals surface area contributed by atoms with Gasteiger partial charge in [-0.15, -0.1) is 0 Å². The molecule has 2 rings (SSSR count). The fourth-order valence-electron chi connectivity index (χ4n) is 3.03. The first-order chi connectivity index (χ1) is 9.16. The highest BCUT2D eigenvalue weighted by molar-refractivity contribution is 5.20. The van der Waals surface area contributed by atoms with Crippen LogP contribution in [-0.2, 0) is 0 Å². The lowest BCUT2D eigenvalue weighted by molar-refractivity contribution is -0.954. The third kappa shape index (κ3) is 4.22. The van der Waals surface area contributed by atoms with Gasteiger partial charge in [0.25, 0.3) is 0 Å². The number of hydrogen-bond acceptors (Lipinski definition) is 2. The van der Waals surface area contributed by atoms with Gasteiger partial charge in [-0.1, -0.05) is 18.2 Å². The molecule has 1 aromatic rings. The fraction of sp³-hybridized carbons (Fsp3) is 0.625. The van der Waals surface area contributed by atoms with Crippen molar-refractivity contribution in [2.75, 3.05) is 13.2 Å². The molecule has 1 aliphatic heterocycles. The molecule has 1 aliphatic rings. The predicted octanol–water partition coefficient (Wildman–Crippen LogP) is 1.27. The zero-order valence-electron chi connectivity index (χ0n) is 12.0. The van der Waals surface area contributed by atoms with Crippen molar-refractivity contribution in [2.45, 2.75) is 51.3 Å². The molecule has 1 saturated heterocycles. The van der Waals surface area contributed by atoms with E-state index in [4.69, 9.17) is 4.74 Å². The van der Waals surface area contributed by atoms with Gasteiger partial charge in [-0.2, -0.15) is 0 Å². The highest BCUT2D eigenvalue weighted by Crippen LogP contribution is 2.09. The molecular weight excluding hydrogens is 238 g/mol. The summed E-state index contributed by atoms with van der Waals surface area (Å²) in [5, 5.41) is 10.2. The van der Waals surface area contributed by atoms with E-state index >= 15 is 0 Å². The minimum Gasteiger partial charge on any atom is -0.491 e. The van der Waals surface area contributed by atoms with Crippen LogP contribution in [0.3, 0.4) is 0 Å². The third-order valence-corrected chi connectivity index (χ3v) is 4.20. The van der Waals surface area contributed by atoms with Crippen LogP contribution in [0, 0.1) is 0 Å². The Hall–Kier alpha value is -1.06. The normalized spacial score (nSPS) is 28.9. The number of ether oxygens (including phenoxy) is 1. The summed E-state index contributed by atoms with van der Waals surface area (Å²) in [6.45, 7) is 5.74. The highest BCUT2D eigenvalue weighted by Gasteiger charge is 2.30. The van der Waals surface area contributed by atoms with Crippen molar-refractivity contribution < 1.29 is 14.7 Å². The summed E-state index contributed by atoms with van der Waals surface area (Å²) in [5.41, 5.74) is 0. The molecule has 0 radical (unpaired) electrons. The van der Waals surface area contributed by atoms with Crippen molar-refractivity contribution in [1.29, 1.82) is 0 Å². The smallest absolute Gasteiger partial charge is 0.137 e. The van der Waals surface area contributed by atoms with Crippen molar-refractivity contribution in [3.8, 4) is 5.75 Å². The first-order valence-corrected chi connectivity index (χ1v) is 7.38. The number of rotatable bonds is 5. The average molecular weight is 264 g/mol. The van der Waals surface area contributed by atoms with Gasteiger partial charge in [-0.3, -0.25) is 0 Å². The van der Waals surface area contributed by atoms with Crippen LogP contribution in [0.15, 0.2) is 30.3 Å². The van der Waals surface area contributed by atoms with Gasteiger partial charge in [0.2, 0.25) is 0 Å². The SMILES string of the molecule is C[C@@H]1CCC[C@H](C)[NH+]1C[C@H](O)COc1ccccc1. The van der Waals surface area contributed by atoms with Gasteiger partial charge in [0.05, 0.1) is 12.1 Å². The van der Waals surface area contributed by atoms with Crippen molar-refractivity contribution in [3.63, 3.8) is 0 Å². The van der Waals surface area contributed by atoms with Crippen molar-refractivity contribution in [1.82, 2.24) is 0 Å². The van der Waals surface area contributed by atoms with Crippen LogP contribution < -0.4 is 9.64 Å². The number of benzene rings is 1. The lowest BCUT2D eigenvalue weighted by Gasteiger charge is -2.36. The molecule has 3 heteroatoms. The molecule has 0 aromatic heterocycles. The Bertz CT molecular complexity index is 358. The number of piperidine rings is 1. The minimum atomic E-state index is -0.391. The Labute approximate surface area is 116 Å². The molecule has 2 N–H and O–H groups in total. The van der Waals surface area contributed by atoms with Crippen LogP contribution >= 0.6 is 0 Å². The average Bonchev–Trinajstić information content (AvgIpc) is 2.42. The summed E-state index contributed by atoms with van der Waals surface area (Å²) in [6, 6.07) is 11.0. The number of aliphatic hydroxyl groups is 1. The summed E-state index contributed by atoms with van der Waals surface area (Å²) in [6.07, 6.45) is 3.47. The van der Waals surface area contributed by atoms with E-state index < -0.39 is 6.10 Å². The Morgan fingerprint density at radius 1 is 1.21 bits per heavy atom. The maximum atomic E-state index is 10.2. The van der Waals surface area contributed by atoms with Crippen LogP contribution in [0.4, 0.5) is 0 Å². The number of nitrogens with one attached hydrogen (secondary N) is 1. The molecule has 0 amide bonds. The number of hydrogen-bond donors (Lipinski definition) is 2. The van der Waals surface area contributed by atoms with Crippen LogP contribution in [-0.4, -0.2) is 36.4 Å².